The number of Topliss-reactive ketones (excluding diaryl/α,β-unsaturated/α-hetero) is 1. The average Bonchev–Trinajstić information content (AvgIpc) is 2.38. The molecule has 3 heteroatoms. The van der Waals surface area contributed by atoms with Crippen molar-refractivity contribution in [3.05, 3.63) is 53.8 Å². The fourth-order valence-corrected chi connectivity index (χ4v) is 2.47. The molecular weight excluding hydrogens is 243 g/mol. The second-order valence-corrected chi connectivity index (χ2v) is 4.74. The molecule has 1 aliphatic rings. The summed E-state index contributed by atoms with van der Waals surface area (Å²) < 4.78 is 19.3. The topological polar surface area (TPSA) is 26.3 Å². The second-order valence-electron chi connectivity index (χ2n) is 4.74. The van der Waals surface area contributed by atoms with Crippen molar-refractivity contribution in [2.24, 2.45) is 0 Å². The quantitative estimate of drug-likeness (QED) is 0.814. The van der Waals surface area contributed by atoms with Gasteiger partial charge >= 0.3 is 0 Å². The van der Waals surface area contributed by atoms with Crippen LogP contribution in [0.5, 0.6) is 5.75 Å². The lowest BCUT2D eigenvalue weighted by Crippen LogP contribution is -2.17. The minimum atomic E-state index is -0.405. The van der Waals surface area contributed by atoms with Crippen molar-refractivity contribution in [1.29, 1.82) is 0 Å². The van der Waals surface area contributed by atoms with Crippen LogP contribution < -0.4 is 4.74 Å². The number of benzene rings is 2. The first kappa shape index (κ1) is 11.9. The highest BCUT2D eigenvalue weighted by atomic mass is 19.1. The van der Waals surface area contributed by atoms with Gasteiger partial charge in [0.15, 0.2) is 0 Å². The lowest BCUT2D eigenvalue weighted by Gasteiger charge is -2.28. The maximum Gasteiger partial charge on any atom is 0.133 e. The molecule has 0 spiro atoms. The second kappa shape index (κ2) is 4.50. The van der Waals surface area contributed by atoms with Gasteiger partial charge in [-0.25, -0.2) is 4.39 Å². The molecule has 1 unspecified atom stereocenters. The smallest absolute Gasteiger partial charge is 0.133 e. The fraction of sp³-hybridized carbons (Fsp3) is 0.188. The van der Waals surface area contributed by atoms with E-state index in [-0.39, 0.29) is 18.0 Å². The highest BCUT2D eigenvalue weighted by Crippen LogP contribution is 2.43. The minimum absolute atomic E-state index is 0.0274. The van der Waals surface area contributed by atoms with Crippen molar-refractivity contribution >= 4 is 5.78 Å². The largest absolute Gasteiger partial charge is 0.485 e. The van der Waals surface area contributed by atoms with Crippen molar-refractivity contribution in [3.63, 3.8) is 0 Å². The molecule has 0 fully saturated rings. The molecule has 0 saturated carbocycles. The Bertz CT molecular complexity index is 649. The molecular formula is C16H13FO2. The van der Waals surface area contributed by atoms with Gasteiger partial charge in [-0.15, -0.1) is 0 Å². The van der Waals surface area contributed by atoms with E-state index < -0.39 is 6.10 Å². The number of hydrogen-bond donors (Lipinski definition) is 0. The van der Waals surface area contributed by atoms with Crippen LogP contribution in [0.4, 0.5) is 4.39 Å². The molecule has 3 rings (SSSR count). The lowest BCUT2D eigenvalue weighted by atomic mass is 9.91. The van der Waals surface area contributed by atoms with Crippen molar-refractivity contribution in [2.45, 2.75) is 19.4 Å². The molecule has 0 bridgehead atoms. The standard InChI is InChI=1S/C16H13FO2/c1-10(18)8-16-14-9-11(17)6-7-12(14)13-4-2-3-5-15(13)19-16/h2-7,9,16H,8H2,1H3. The normalized spacial score (nSPS) is 16.2. The first-order valence-electron chi connectivity index (χ1n) is 6.20. The number of halogens is 1. The van der Waals surface area contributed by atoms with Gasteiger partial charge in [0.05, 0.1) is 0 Å². The number of ketones is 1. The minimum Gasteiger partial charge on any atom is -0.485 e. The van der Waals surface area contributed by atoms with Crippen LogP contribution in [0.25, 0.3) is 11.1 Å². The van der Waals surface area contributed by atoms with Crippen LogP contribution in [0.1, 0.15) is 25.0 Å². The van der Waals surface area contributed by atoms with Crippen LogP contribution in [0.3, 0.4) is 0 Å². The van der Waals surface area contributed by atoms with Gasteiger partial charge in [-0.1, -0.05) is 24.3 Å². The predicted molar refractivity (Wildman–Crippen MR) is 70.5 cm³/mol. The van der Waals surface area contributed by atoms with Gasteiger partial charge in [0.1, 0.15) is 23.5 Å². The summed E-state index contributed by atoms with van der Waals surface area (Å²) in [4.78, 5) is 11.3. The summed E-state index contributed by atoms with van der Waals surface area (Å²) in [5.41, 5.74) is 2.63. The number of carbonyl (C=O) groups excluding carboxylic acids is 1. The predicted octanol–water partition coefficient (Wildman–Crippen LogP) is 3.91. The summed E-state index contributed by atoms with van der Waals surface area (Å²) >= 11 is 0. The molecule has 0 aromatic heterocycles. The van der Waals surface area contributed by atoms with E-state index in [2.05, 4.69) is 0 Å². The van der Waals surface area contributed by atoms with Gasteiger partial charge in [-0.2, -0.15) is 0 Å². The zero-order chi connectivity index (χ0) is 13.4. The Hall–Kier alpha value is -2.16. The summed E-state index contributed by atoms with van der Waals surface area (Å²) in [6.07, 6.45) is -0.150. The van der Waals surface area contributed by atoms with Crippen LogP contribution in [-0.2, 0) is 4.79 Å². The highest BCUT2D eigenvalue weighted by Gasteiger charge is 2.27. The van der Waals surface area contributed by atoms with Gasteiger partial charge in [-0.3, -0.25) is 4.79 Å². The molecule has 1 heterocycles. The number of carbonyl (C=O) groups is 1. The summed E-state index contributed by atoms with van der Waals surface area (Å²) in [7, 11) is 0. The molecule has 96 valence electrons. The third-order valence-electron chi connectivity index (χ3n) is 3.28. The monoisotopic (exact) mass is 256 g/mol. The molecule has 0 aliphatic carbocycles. The Morgan fingerprint density at radius 3 is 2.79 bits per heavy atom. The van der Waals surface area contributed by atoms with Gasteiger partial charge in [0.25, 0.3) is 0 Å². The molecule has 2 aromatic carbocycles. The van der Waals surface area contributed by atoms with Crippen LogP contribution in [0.15, 0.2) is 42.5 Å². The fourth-order valence-electron chi connectivity index (χ4n) is 2.47. The van der Waals surface area contributed by atoms with E-state index in [0.717, 1.165) is 22.4 Å². The summed E-state index contributed by atoms with van der Waals surface area (Å²) in [6, 6.07) is 12.3. The Labute approximate surface area is 110 Å². The summed E-state index contributed by atoms with van der Waals surface area (Å²) in [5.74, 6) is 0.461. The van der Waals surface area contributed by atoms with Gasteiger partial charge < -0.3 is 4.74 Å². The SMILES string of the molecule is CC(=O)CC1Oc2ccccc2-c2ccc(F)cc21. The van der Waals surface area contributed by atoms with Crippen molar-refractivity contribution in [3.8, 4) is 16.9 Å². The van der Waals surface area contributed by atoms with E-state index in [0.29, 0.717) is 0 Å². The van der Waals surface area contributed by atoms with E-state index >= 15 is 0 Å². The molecule has 0 amide bonds. The Morgan fingerprint density at radius 1 is 1.21 bits per heavy atom. The lowest BCUT2D eigenvalue weighted by molar-refractivity contribution is -0.118. The Morgan fingerprint density at radius 2 is 2.00 bits per heavy atom. The van der Waals surface area contributed by atoms with Crippen molar-refractivity contribution in [2.75, 3.05) is 0 Å². The van der Waals surface area contributed by atoms with E-state index in [4.69, 9.17) is 4.74 Å². The number of fused-ring (bicyclic) bond motifs is 3. The van der Waals surface area contributed by atoms with Crippen molar-refractivity contribution < 1.29 is 13.9 Å². The zero-order valence-electron chi connectivity index (χ0n) is 10.5. The maximum absolute atomic E-state index is 13.4. The first-order valence-corrected chi connectivity index (χ1v) is 6.20. The van der Waals surface area contributed by atoms with Crippen molar-refractivity contribution in [1.82, 2.24) is 0 Å². The third-order valence-corrected chi connectivity index (χ3v) is 3.28. The van der Waals surface area contributed by atoms with Crippen LogP contribution in [0.2, 0.25) is 0 Å². The zero-order valence-corrected chi connectivity index (χ0v) is 10.5. The van der Waals surface area contributed by atoms with Crippen LogP contribution >= 0.6 is 0 Å². The molecule has 1 atom stereocenters. The molecule has 0 radical (unpaired) electrons. The van der Waals surface area contributed by atoms with Crippen LogP contribution in [0, 0.1) is 5.82 Å². The first-order chi connectivity index (χ1) is 9.15. The number of hydrogen-bond acceptors (Lipinski definition) is 2. The van der Waals surface area contributed by atoms with E-state index in [1.807, 2.05) is 24.3 Å². The number of rotatable bonds is 2. The van der Waals surface area contributed by atoms with E-state index in [1.54, 1.807) is 6.07 Å². The van der Waals surface area contributed by atoms with Gasteiger partial charge in [0, 0.05) is 17.5 Å². The van der Waals surface area contributed by atoms with Gasteiger partial charge in [0.2, 0.25) is 0 Å². The number of ether oxygens (including phenoxy) is 1. The number of para-hydroxylation sites is 1. The molecule has 0 saturated heterocycles. The van der Waals surface area contributed by atoms with Gasteiger partial charge in [-0.05, 0) is 30.7 Å². The molecule has 19 heavy (non-hydrogen) atoms. The average molecular weight is 256 g/mol. The molecule has 2 aromatic rings. The molecule has 0 N–H and O–H groups in total. The summed E-state index contributed by atoms with van der Waals surface area (Å²) in [6.45, 7) is 1.52. The Balaban J connectivity index is 2.16. The maximum atomic E-state index is 13.4. The summed E-state index contributed by atoms with van der Waals surface area (Å²) in [5, 5.41) is 0. The van der Waals surface area contributed by atoms with E-state index in [9.17, 15) is 9.18 Å². The molecule has 2 nitrogen and oxygen atoms in total. The van der Waals surface area contributed by atoms with E-state index in [1.165, 1.54) is 19.1 Å². The Kier molecular flexibility index (Phi) is 2.82. The third kappa shape index (κ3) is 2.12. The highest BCUT2D eigenvalue weighted by molar-refractivity contribution is 5.80. The molecule has 1 aliphatic heterocycles. The van der Waals surface area contributed by atoms with Crippen LogP contribution in [-0.4, -0.2) is 5.78 Å².